The van der Waals surface area contributed by atoms with Gasteiger partial charge >= 0.3 is 5.97 Å². The lowest BCUT2D eigenvalue weighted by Gasteiger charge is -2.19. The molecule has 1 heterocycles. The normalized spacial score (nSPS) is 17.7. The van der Waals surface area contributed by atoms with Crippen molar-refractivity contribution in [3.05, 3.63) is 65.2 Å². The molecule has 0 radical (unpaired) electrons. The van der Waals surface area contributed by atoms with Crippen molar-refractivity contribution in [3.63, 3.8) is 0 Å². The number of amides is 2. The SMILES string of the molecule is COc1ccc(CCNC(=O)[C@H]2CN(C)C[C@@H]2c2cccc(CNC(=O)COC(C)=O)c2)cc1. The fraction of sp³-hybridized carbons (Fsp3) is 0.423. The second kappa shape index (κ2) is 12.2. The summed E-state index contributed by atoms with van der Waals surface area (Å²) in [7, 11) is 3.67. The van der Waals surface area contributed by atoms with Gasteiger partial charge < -0.3 is 25.0 Å². The average Bonchev–Trinajstić information content (AvgIpc) is 3.24. The number of hydrogen-bond donors (Lipinski definition) is 2. The number of benzene rings is 2. The average molecular weight is 468 g/mol. The van der Waals surface area contributed by atoms with Gasteiger partial charge in [0.15, 0.2) is 6.61 Å². The Kier molecular flexibility index (Phi) is 9.04. The van der Waals surface area contributed by atoms with E-state index < -0.39 is 5.97 Å². The molecule has 3 rings (SSSR count). The van der Waals surface area contributed by atoms with E-state index in [1.807, 2.05) is 55.6 Å². The molecule has 0 bridgehead atoms. The van der Waals surface area contributed by atoms with Crippen molar-refractivity contribution < 1.29 is 23.9 Å². The predicted octanol–water partition coefficient (Wildman–Crippen LogP) is 1.88. The van der Waals surface area contributed by atoms with Crippen LogP contribution in [0.3, 0.4) is 0 Å². The van der Waals surface area contributed by atoms with E-state index in [-0.39, 0.29) is 30.3 Å². The molecule has 1 fully saturated rings. The van der Waals surface area contributed by atoms with Crippen LogP contribution in [0.15, 0.2) is 48.5 Å². The Hall–Kier alpha value is -3.39. The monoisotopic (exact) mass is 467 g/mol. The lowest BCUT2D eigenvalue weighted by atomic mass is 9.87. The van der Waals surface area contributed by atoms with Crippen LogP contribution in [0.5, 0.6) is 5.75 Å². The second-order valence-corrected chi connectivity index (χ2v) is 8.63. The minimum atomic E-state index is -0.490. The summed E-state index contributed by atoms with van der Waals surface area (Å²) in [6, 6.07) is 15.8. The van der Waals surface area contributed by atoms with Gasteiger partial charge in [0.1, 0.15) is 5.75 Å². The number of carbonyl (C=O) groups is 3. The van der Waals surface area contributed by atoms with Gasteiger partial charge in [-0.3, -0.25) is 14.4 Å². The molecule has 0 aliphatic carbocycles. The highest BCUT2D eigenvalue weighted by Gasteiger charge is 2.36. The number of likely N-dealkylation sites (tertiary alicyclic amines) is 1. The summed E-state index contributed by atoms with van der Waals surface area (Å²) in [5.74, 6) is -0.0396. The lowest BCUT2D eigenvalue weighted by Crippen LogP contribution is -2.35. The highest BCUT2D eigenvalue weighted by Crippen LogP contribution is 2.32. The minimum absolute atomic E-state index is 0.0583. The molecule has 2 aromatic rings. The van der Waals surface area contributed by atoms with E-state index in [4.69, 9.17) is 9.47 Å². The van der Waals surface area contributed by atoms with Crippen molar-refractivity contribution in [3.8, 4) is 5.75 Å². The zero-order valence-corrected chi connectivity index (χ0v) is 20.0. The molecule has 182 valence electrons. The molecule has 2 N–H and O–H groups in total. The summed E-state index contributed by atoms with van der Waals surface area (Å²) >= 11 is 0. The number of methoxy groups -OCH3 is 1. The maximum absolute atomic E-state index is 13.0. The lowest BCUT2D eigenvalue weighted by molar-refractivity contribution is -0.146. The van der Waals surface area contributed by atoms with Crippen molar-refractivity contribution >= 4 is 17.8 Å². The van der Waals surface area contributed by atoms with Gasteiger partial charge in [-0.15, -0.1) is 0 Å². The van der Waals surface area contributed by atoms with Gasteiger partial charge in [0.05, 0.1) is 13.0 Å². The van der Waals surface area contributed by atoms with E-state index >= 15 is 0 Å². The Bertz CT molecular complexity index is 992. The van der Waals surface area contributed by atoms with Crippen LogP contribution in [0.4, 0.5) is 0 Å². The second-order valence-electron chi connectivity index (χ2n) is 8.63. The fourth-order valence-electron chi connectivity index (χ4n) is 4.21. The quantitative estimate of drug-likeness (QED) is 0.518. The molecule has 1 aliphatic heterocycles. The molecule has 1 aliphatic rings. The Morgan fingerprint density at radius 3 is 2.50 bits per heavy atom. The number of rotatable bonds is 10. The summed E-state index contributed by atoms with van der Waals surface area (Å²) in [5, 5.41) is 5.86. The van der Waals surface area contributed by atoms with Crippen LogP contribution in [0.1, 0.15) is 29.5 Å². The third-order valence-electron chi connectivity index (χ3n) is 5.99. The fourth-order valence-corrected chi connectivity index (χ4v) is 4.21. The molecular weight excluding hydrogens is 434 g/mol. The van der Waals surface area contributed by atoms with Gasteiger partial charge in [0.2, 0.25) is 5.91 Å². The highest BCUT2D eigenvalue weighted by molar-refractivity contribution is 5.81. The first-order chi connectivity index (χ1) is 16.4. The van der Waals surface area contributed by atoms with Crippen LogP contribution in [-0.2, 0) is 32.1 Å². The molecule has 34 heavy (non-hydrogen) atoms. The smallest absolute Gasteiger partial charge is 0.303 e. The Labute approximate surface area is 200 Å². The largest absolute Gasteiger partial charge is 0.497 e. The van der Waals surface area contributed by atoms with E-state index in [2.05, 4.69) is 15.5 Å². The molecule has 0 saturated carbocycles. The molecule has 2 amide bonds. The highest BCUT2D eigenvalue weighted by atomic mass is 16.5. The molecule has 0 spiro atoms. The number of hydrogen-bond acceptors (Lipinski definition) is 6. The van der Waals surface area contributed by atoms with Crippen LogP contribution < -0.4 is 15.4 Å². The molecule has 2 aromatic carbocycles. The third-order valence-corrected chi connectivity index (χ3v) is 5.99. The van der Waals surface area contributed by atoms with Crippen molar-refractivity contribution in [1.82, 2.24) is 15.5 Å². The van der Waals surface area contributed by atoms with Crippen molar-refractivity contribution in [1.29, 1.82) is 0 Å². The minimum Gasteiger partial charge on any atom is -0.497 e. The first-order valence-corrected chi connectivity index (χ1v) is 11.4. The standard InChI is InChI=1S/C26H33N3O5/c1-18(30)34-17-25(31)28-14-20-5-4-6-21(13-20)23-15-29(2)16-24(23)26(32)27-12-11-19-7-9-22(33-3)10-8-19/h4-10,13,23-24H,11-12,14-17H2,1-3H3,(H,27,32)(H,28,31)/t23-,24+/m1/s1. The van der Waals surface area contributed by atoms with Crippen LogP contribution >= 0.6 is 0 Å². The zero-order valence-electron chi connectivity index (χ0n) is 20.0. The van der Waals surface area contributed by atoms with Crippen LogP contribution in [-0.4, -0.2) is 63.1 Å². The van der Waals surface area contributed by atoms with Gasteiger partial charge in [-0.05, 0) is 42.3 Å². The molecule has 1 saturated heterocycles. The summed E-state index contributed by atoms with van der Waals surface area (Å²) in [4.78, 5) is 37.9. The first kappa shape index (κ1) is 25.2. The van der Waals surface area contributed by atoms with Gasteiger partial charge in [-0.25, -0.2) is 0 Å². The maximum Gasteiger partial charge on any atom is 0.303 e. The topological polar surface area (TPSA) is 97.0 Å². The third kappa shape index (κ3) is 7.31. The van der Waals surface area contributed by atoms with E-state index in [0.29, 0.717) is 19.6 Å². The van der Waals surface area contributed by atoms with Gasteiger partial charge in [0, 0.05) is 39.0 Å². The Morgan fingerprint density at radius 1 is 1.03 bits per heavy atom. The van der Waals surface area contributed by atoms with Crippen LogP contribution in [0, 0.1) is 5.92 Å². The van der Waals surface area contributed by atoms with Crippen LogP contribution in [0.25, 0.3) is 0 Å². The van der Waals surface area contributed by atoms with E-state index in [1.165, 1.54) is 6.92 Å². The summed E-state index contributed by atoms with van der Waals surface area (Å²) in [6.45, 7) is 3.37. The van der Waals surface area contributed by atoms with Crippen molar-refractivity contribution in [2.45, 2.75) is 25.8 Å². The predicted molar refractivity (Wildman–Crippen MR) is 128 cm³/mol. The van der Waals surface area contributed by atoms with E-state index in [0.717, 1.165) is 35.4 Å². The number of nitrogens with zero attached hydrogens (tertiary/aromatic N) is 1. The van der Waals surface area contributed by atoms with Gasteiger partial charge in [0.25, 0.3) is 5.91 Å². The molecule has 2 atom stereocenters. The van der Waals surface area contributed by atoms with Gasteiger partial charge in [-0.1, -0.05) is 36.4 Å². The summed E-state index contributed by atoms with van der Waals surface area (Å²) in [5.41, 5.74) is 3.15. The molecule has 0 unspecified atom stereocenters. The molecular formula is C26H33N3O5. The molecule has 0 aromatic heterocycles. The zero-order chi connectivity index (χ0) is 24.5. The van der Waals surface area contributed by atoms with Crippen molar-refractivity contribution in [2.75, 3.05) is 40.4 Å². The number of likely N-dealkylation sites (N-methyl/N-ethyl adjacent to an activating group) is 1. The van der Waals surface area contributed by atoms with E-state index in [1.54, 1.807) is 7.11 Å². The number of nitrogens with one attached hydrogen (secondary N) is 2. The number of esters is 1. The number of ether oxygens (including phenoxy) is 2. The molecule has 8 heteroatoms. The number of carbonyl (C=O) groups excluding carboxylic acids is 3. The maximum atomic E-state index is 13.0. The van der Waals surface area contributed by atoms with Crippen LogP contribution in [0.2, 0.25) is 0 Å². The van der Waals surface area contributed by atoms with Gasteiger partial charge in [-0.2, -0.15) is 0 Å². The summed E-state index contributed by atoms with van der Waals surface area (Å²) < 4.78 is 9.90. The molecule has 8 nitrogen and oxygen atoms in total. The van der Waals surface area contributed by atoms with Crippen molar-refractivity contribution in [2.24, 2.45) is 5.92 Å². The Morgan fingerprint density at radius 2 is 1.79 bits per heavy atom. The Balaban J connectivity index is 1.56. The van der Waals surface area contributed by atoms with E-state index in [9.17, 15) is 14.4 Å². The first-order valence-electron chi connectivity index (χ1n) is 11.4. The summed E-state index contributed by atoms with van der Waals surface area (Å²) in [6.07, 6.45) is 0.755.